The Morgan fingerprint density at radius 2 is 1.58 bits per heavy atom. The second-order valence-corrected chi connectivity index (χ2v) is 9.60. The minimum Gasteiger partial charge on any atom is -0.481 e. The predicted octanol–water partition coefficient (Wildman–Crippen LogP) is 6.43. The molecule has 6 heteroatoms. The van der Waals surface area contributed by atoms with Crippen LogP contribution in [0, 0.1) is 11.7 Å². The van der Waals surface area contributed by atoms with Gasteiger partial charge in [0.15, 0.2) is 0 Å². The van der Waals surface area contributed by atoms with E-state index in [0.717, 1.165) is 16.7 Å². The lowest BCUT2D eigenvalue weighted by molar-refractivity contribution is -0.142. The molecular weight excluding hydrogens is 455 g/mol. The lowest BCUT2D eigenvalue weighted by Gasteiger charge is -2.27. The van der Waals surface area contributed by atoms with Crippen molar-refractivity contribution in [3.8, 4) is 11.1 Å². The van der Waals surface area contributed by atoms with Gasteiger partial charge in [0, 0.05) is 17.6 Å². The molecule has 0 bridgehead atoms. The number of aromatic nitrogens is 1. The van der Waals surface area contributed by atoms with E-state index in [-0.39, 0.29) is 29.7 Å². The lowest BCUT2D eigenvalue weighted by Crippen LogP contribution is -2.39. The van der Waals surface area contributed by atoms with Crippen LogP contribution in [0.2, 0.25) is 0 Å². The molecule has 2 N–H and O–H groups in total. The van der Waals surface area contributed by atoms with Crippen molar-refractivity contribution in [2.75, 3.05) is 0 Å². The molecule has 0 spiro atoms. The Labute approximate surface area is 209 Å². The predicted molar refractivity (Wildman–Crippen MR) is 138 cm³/mol. The second kappa shape index (κ2) is 9.97. The first-order chi connectivity index (χ1) is 17.4. The Hall–Kier alpha value is -3.93. The van der Waals surface area contributed by atoms with Crippen LogP contribution in [0.4, 0.5) is 4.39 Å². The van der Waals surface area contributed by atoms with Gasteiger partial charge in [0.05, 0.1) is 23.0 Å². The second-order valence-electron chi connectivity index (χ2n) is 9.60. The van der Waals surface area contributed by atoms with Crippen molar-refractivity contribution in [2.24, 2.45) is 5.92 Å². The Balaban J connectivity index is 1.41. The van der Waals surface area contributed by atoms with Crippen molar-refractivity contribution in [3.63, 3.8) is 0 Å². The maximum Gasteiger partial charge on any atom is 0.306 e. The largest absolute Gasteiger partial charge is 0.481 e. The molecule has 1 aliphatic carbocycles. The van der Waals surface area contributed by atoms with Crippen LogP contribution in [0.3, 0.4) is 0 Å². The number of nitrogens with zero attached hydrogens (tertiary/aromatic N) is 1. The fourth-order valence-corrected chi connectivity index (χ4v) is 5.25. The Bertz CT molecular complexity index is 1390. The Morgan fingerprint density at radius 1 is 0.917 bits per heavy atom. The summed E-state index contributed by atoms with van der Waals surface area (Å²) < 4.78 is 16.7. The number of benzene rings is 3. The Kier molecular flexibility index (Phi) is 6.59. The fourth-order valence-electron chi connectivity index (χ4n) is 5.25. The van der Waals surface area contributed by atoms with Gasteiger partial charge in [-0.25, -0.2) is 4.39 Å². The molecule has 5 nitrogen and oxygen atoms in total. The van der Waals surface area contributed by atoms with E-state index in [1.165, 1.54) is 12.1 Å². The molecule has 1 saturated carbocycles. The van der Waals surface area contributed by atoms with Crippen LogP contribution in [-0.4, -0.2) is 27.6 Å². The maximum atomic E-state index is 14.7. The number of carboxylic acid groups (broad SMARTS) is 1. The minimum atomic E-state index is -0.774. The smallest absolute Gasteiger partial charge is 0.306 e. The summed E-state index contributed by atoms with van der Waals surface area (Å²) in [5.74, 6) is -1.75. The molecule has 1 unspecified atom stereocenters. The normalized spacial score (nSPS) is 18.6. The van der Waals surface area contributed by atoms with E-state index in [1.54, 1.807) is 6.07 Å². The van der Waals surface area contributed by atoms with Gasteiger partial charge >= 0.3 is 5.97 Å². The zero-order chi connectivity index (χ0) is 25.2. The Morgan fingerprint density at radius 3 is 2.25 bits per heavy atom. The highest BCUT2D eigenvalue weighted by Gasteiger charge is 2.28. The van der Waals surface area contributed by atoms with Crippen LogP contribution in [0.15, 0.2) is 79.0 Å². The maximum absolute atomic E-state index is 14.7. The monoisotopic (exact) mass is 484 g/mol. The number of rotatable bonds is 6. The summed E-state index contributed by atoms with van der Waals surface area (Å²) in [6, 6.07) is 22.8. The average molecular weight is 485 g/mol. The van der Waals surface area contributed by atoms with Gasteiger partial charge < -0.3 is 15.0 Å². The third-order valence-electron chi connectivity index (χ3n) is 7.40. The van der Waals surface area contributed by atoms with E-state index in [2.05, 4.69) is 41.7 Å². The van der Waals surface area contributed by atoms with Gasteiger partial charge in [0.2, 0.25) is 0 Å². The van der Waals surface area contributed by atoms with E-state index in [9.17, 15) is 19.1 Å². The van der Waals surface area contributed by atoms with Crippen molar-refractivity contribution < 1.29 is 19.1 Å². The third-order valence-corrected chi connectivity index (χ3v) is 7.40. The summed E-state index contributed by atoms with van der Waals surface area (Å²) in [7, 11) is 0. The molecule has 0 saturated heterocycles. The molecule has 3 aromatic carbocycles. The number of carbonyl (C=O) groups excluding carboxylic acids is 1. The van der Waals surface area contributed by atoms with E-state index in [0.29, 0.717) is 42.1 Å². The van der Waals surface area contributed by atoms with Gasteiger partial charge in [-0.3, -0.25) is 9.59 Å². The van der Waals surface area contributed by atoms with Crippen molar-refractivity contribution in [1.82, 2.24) is 9.88 Å². The number of aliphatic carboxylic acids is 1. The number of hydrogen-bond donors (Lipinski definition) is 2. The van der Waals surface area contributed by atoms with Gasteiger partial charge in [0.1, 0.15) is 5.82 Å². The molecular formula is C30H29FN2O3. The van der Waals surface area contributed by atoms with E-state index in [1.807, 2.05) is 35.9 Å². The van der Waals surface area contributed by atoms with Gasteiger partial charge in [-0.1, -0.05) is 54.6 Å². The highest BCUT2D eigenvalue weighted by atomic mass is 19.1. The summed E-state index contributed by atoms with van der Waals surface area (Å²) in [5.41, 5.74) is 4.29. The third kappa shape index (κ3) is 4.63. The van der Waals surface area contributed by atoms with Crippen molar-refractivity contribution in [1.29, 1.82) is 0 Å². The van der Waals surface area contributed by atoms with Crippen molar-refractivity contribution in [3.05, 3.63) is 95.9 Å². The highest BCUT2D eigenvalue weighted by molar-refractivity contribution is 6.06. The lowest BCUT2D eigenvalue weighted by atomic mass is 9.86. The van der Waals surface area contributed by atoms with Crippen molar-refractivity contribution in [2.45, 2.75) is 44.7 Å². The number of hydrogen-bond acceptors (Lipinski definition) is 2. The van der Waals surface area contributed by atoms with Crippen molar-refractivity contribution >= 4 is 22.8 Å². The van der Waals surface area contributed by atoms with Crippen LogP contribution in [0.25, 0.3) is 22.0 Å². The quantitative estimate of drug-likeness (QED) is 0.331. The van der Waals surface area contributed by atoms with Crippen LogP contribution < -0.4 is 5.32 Å². The standard InChI is InChI=1S/C30H29FN2O3/c1-19(20-7-9-22(10-8-20)21-5-3-2-4-6-21)33-18-17-25-27(31)16-15-26(28(25)33)29(34)32-24-13-11-23(12-14-24)30(35)36/h2-10,15-19,23-24H,11-14H2,1H3,(H,32,34)(H,35,36). The number of carboxylic acids is 1. The molecule has 1 amide bonds. The number of amides is 1. The topological polar surface area (TPSA) is 71.3 Å². The molecule has 184 valence electrons. The average Bonchev–Trinajstić information content (AvgIpc) is 3.35. The van der Waals surface area contributed by atoms with Gasteiger partial charge in [-0.2, -0.15) is 0 Å². The van der Waals surface area contributed by atoms with E-state index >= 15 is 0 Å². The van der Waals surface area contributed by atoms with Crippen LogP contribution >= 0.6 is 0 Å². The van der Waals surface area contributed by atoms with Gasteiger partial charge in [-0.15, -0.1) is 0 Å². The molecule has 0 aliphatic heterocycles. The summed E-state index contributed by atoms with van der Waals surface area (Å²) in [5, 5.41) is 12.7. The molecule has 36 heavy (non-hydrogen) atoms. The molecule has 1 atom stereocenters. The van der Waals surface area contributed by atoms with Crippen LogP contribution in [-0.2, 0) is 4.79 Å². The number of carbonyl (C=O) groups is 2. The minimum absolute atomic E-state index is 0.0837. The summed E-state index contributed by atoms with van der Waals surface area (Å²) >= 11 is 0. The summed E-state index contributed by atoms with van der Waals surface area (Å²) in [6.45, 7) is 2.04. The SMILES string of the molecule is CC(c1ccc(-c2ccccc2)cc1)n1ccc2c(F)ccc(C(=O)NC3CCC(C(=O)O)CC3)c21. The highest BCUT2D eigenvalue weighted by Crippen LogP contribution is 2.31. The zero-order valence-electron chi connectivity index (χ0n) is 20.2. The first kappa shape index (κ1) is 23.8. The summed E-state index contributed by atoms with van der Waals surface area (Å²) in [6.07, 6.45) is 4.17. The van der Waals surface area contributed by atoms with E-state index in [4.69, 9.17) is 0 Å². The van der Waals surface area contributed by atoms with Crippen LogP contribution in [0.1, 0.15) is 54.6 Å². The molecule has 4 aromatic rings. The fraction of sp³-hybridized carbons (Fsp3) is 0.267. The van der Waals surface area contributed by atoms with Crippen LogP contribution in [0.5, 0.6) is 0 Å². The molecule has 0 radical (unpaired) electrons. The molecule has 1 aliphatic rings. The molecule has 1 aromatic heterocycles. The number of nitrogens with one attached hydrogen (secondary N) is 1. The molecule has 1 fully saturated rings. The molecule has 5 rings (SSSR count). The van der Waals surface area contributed by atoms with Gasteiger partial charge in [-0.05, 0) is 67.5 Å². The molecule has 1 heterocycles. The summed E-state index contributed by atoms with van der Waals surface area (Å²) in [4.78, 5) is 24.5. The van der Waals surface area contributed by atoms with Gasteiger partial charge in [0.25, 0.3) is 5.91 Å². The zero-order valence-corrected chi connectivity index (χ0v) is 20.2. The number of fused-ring (bicyclic) bond motifs is 1. The van der Waals surface area contributed by atoms with E-state index < -0.39 is 5.97 Å². The first-order valence-corrected chi connectivity index (χ1v) is 12.4. The first-order valence-electron chi connectivity index (χ1n) is 12.4. The number of halogens is 1.